The third-order valence-electron chi connectivity index (χ3n) is 3.76. The third kappa shape index (κ3) is 2.57. The number of carbonyl (C=O) groups excluding carboxylic acids is 1. The topological polar surface area (TPSA) is 44.1 Å². The van der Waals surface area contributed by atoms with Crippen molar-refractivity contribution in [3.8, 4) is 0 Å². The molecule has 1 saturated carbocycles. The van der Waals surface area contributed by atoms with Crippen molar-refractivity contribution in [1.82, 2.24) is 9.78 Å². The standard InChI is InChI=1S/C14H22N2O2/c1-4-6-7-18-14(17)13-11(5-2)12(13)10-8-15-16(3)9-10/h8-9,11-13H,4-7H2,1-3H3. The van der Waals surface area contributed by atoms with E-state index in [0.717, 1.165) is 19.3 Å². The van der Waals surface area contributed by atoms with Crippen molar-refractivity contribution in [2.24, 2.45) is 18.9 Å². The Hall–Kier alpha value is -1.32. The van der Waals surface area contributed by atoms with Crippen LogP contribution in [0.15, 0.2) is 12.4 Å². The Morgan fingerprint density at radius 3 is 2.83 bits per heavy atom. The van der Waals surface area contributed by atoms with Crippen LogP contribution < -0.4 is 0 Å². The van der Waals surface area contributed by atoms with E-state index in [0.29, 0.717) is 18.4 Å². The first-order valence-corrected chi connectivity index (χ1v) is 6.84. The monoisotopic (exact) mass is 250 g/mol. The molecule has 1 aliphatic carbocycles. The van der Waals surface area contributed by atoms with Crippen LogP contribution >= 0.6 is 0 Å². The normalized spacial score (nSPS) is 26.1. The van der Waals surface area contributed by atoms with E-state index in [9.17, 15) is 4.79 Å². The second-order valence-electron chi connectivity index (χ2n) is 5.09. The molecule has 18 heavy (non-hydrogen) atoms. The van der Waals surface area contributed by atoms with Crippen LogP contribution in [0.1, 0.15) is 44.6 Å². The molecule has 1 aromatic rings. The van der Waals surface area contributed by atoms with Gasteiger partial charge in [0.1, 0.15) is 0 Å². The van der Waals surface area contributed by atoms with Gasteiger partial charge in [-0.05, 0) is 17.9 Å². The van der Waals surface area contributed by atoms with Crippen molar-refractivity contribution in [2.45, 2.75) is 39.0 Å². The van der Waals surface area contributed by atoms with Crippen LogP contribution in [0.25, 0.3) is 0 Å². The van der Waals surface area contributed by atoms with Gasteiger partial charge in [-0.2, -0.15) is 5.10 Å². The zero-order chi connectivity index (χ0) is 13.1. The molecule has 0 spiro atoms. The SMILES string of the molecule is CCCCOC(=O)C1C(CC)C1c1cnn(C)c1. The zero-order valence-electron chi connectivity index (χ0n) is 11.4. The Balaban J connectivity index is 1.95. The van der Waals surface area contributed by atoms with E-state index >= 15 is 0 Å². The number of aromatic nitrogens is 2. The van der Waals surface area contributed by atoms with Crippen molar-refractivity contribution >= 4 is 5.97 Å². The first-order valence-electron chi connectivity index (χ1n) is 6.84. The van der Waals surface area contributed by atoms with Crippen LogP contribution in [0.4, 0.5) is 0 Å². The predicted molar refractivity (Wildman–Crippen MR) is 69.1 cm³/mol. The molecule has 1 fully saturated rings. The van der Waals surface area contributed by atoms with E-state index in [1.807, 2.05) is 19.4 Å². The summed E-state index contributed by atoms with van der Waals surface area (Å²) in [7, 11) is 1.90. The third-order valence-corrected chi connectivity index (χ3v) is 3.76. The molecule has 0 aliphatic heterocycles. The maximum absolute atomic E-state index is 12.0. The molecule has 1 aromatic heterocycles. The molecule has 0 bridgehead atoms. The number of hydrogen-bond donors (Lipinski definition) is 0. The van der Waals surface area contributed by atoms with Crippen LogP contribution in [-0.4, -0.2) is 22.4 Å². The van der Waals surface area contributed by atoms with Crippen LogP contribution in [-0.2, 0) is 16.6 Å². The van der Waals surface area contributed by atoms with Gasteiger partial charge in [-0.25, -0.2) is 0 Å². The summed E-state index contributed by atoms with van der Waals surface area (Å²) in [6.07, 6.45) is 6.90. The molecule has 1 heterocycles. The second-order valence-corrected chi connectivity index (χ2v) is 5.09. The van der Waals surface area contributed by atoms with Gasteiger partial charge in [0.05, 0.1) is 18.7 Å². The maximum Gasteiger partial charge on any atom is 0.309 e. The molecule has 3 atom stereocenters. The van der Waals surface area contributed by atoms with Gasteiger partial charge >= 0.3 is 5.97 Å². The van der Waals surface area contributed by atoms with Crippen molar-refractivity contribution in [1.29, 1.82) is 0 Å². The highest BCUT2D eigenvalue weighted by Crippen LogP contribution is 2.56. The number of aryl methyl sites for hydroxylation is 1. The van der Waals surface area contributed by atoms with Crippen LogP contribution in [0.2, 0.25) is 0 Å². The summed E-state index contributed by atoms with van der Waals surface area (Å²) in [6, 6.07) is 0. The van der Waals surface area contributed by atoms with Crippen molar-refractivity contribution < 1.29 is 9.53 Å². The number of esters is 1. The quantitative estimate of drug-likeness (QED) is 0.575. The molecule has 0 radical (unpaired) electrons. The fraction of sp³-hybridized carbons (Fsp3) is 0.714. The number of carbonyl (C=O) groups is 1. The average molecular weight is 250 g/mol. The minimum Gasteiger partial charge on any atom is -0.465 e. The molecule has 4 heteroatoms. The summed E-state index contributed by atoms with van der Waals surface area (Å²) in [5.41, 5.74) is 1.17. The predicted octanol–water partition coefficient (Wildman–Crippen LogP) is 2.50. The Morgan fingerprint density at radius 1 is 1.50 bits per heavy atom. The fourth-order valence-electron chi connectivity index (χ4n) is 2.68. The number of ether oxygens (including phenoxy) is 1. The Kier molecular flexibility index (Phi) is 4.04. The molecular weight excluding hydrogens is 228 g/mol. The van der Waals surface area contributed by atoms with Crippen molar-refractivity contribution in [3.05, 3.63) is 18.0 Å². The lowest BCUT2D eigenvalue weighted by Crippen LogP contribution is -2.09. The lowest BCUT2D eigenvalue weighted by atomic mass is 10.2. The van der Waals surface area contributed by atoms with Crippen molar-refractivity contribution in [2.75, 3.05) is 6.61 Å². The Labute approximate surface area is 108 Å². The highest BCUT2D eigenvalue weighted by molar-refractivity contribution is 5.78. The molecule has 0 aromatic carbocycles. The number of unbranched alkanes of at least 4 members (excludes halogenated alkanes) is 1. The van der Waals surface area contributed by atoms with Gasteiger partial charge in [0.2, 0.25) is 0 Å². The number of rotatable bonds is 6. The van der Waals surface area contributed by atoms with Gasteiger partial charge in [0.25, 0.3) is 0 Å². The summed E-state index contributed by atoms with van der Waals surface area (Å²) in [4.78, 5) is 12.0. The molecule has 0 amide bonds. The molecule has 0 N–H and O–H groups in total. The van der Waals surface area contributed by atoms with Crippen LogP contribution in [0.5, 0.6) is 0 Å². The van der Waals surface area contributed by atoms with E-state index < -0.39 is 0 Å². The molecule has 0 saturated heterocycles. The second kappa shape index (κ2) is 5.55. The van der Waals surface area contributed by atoms with Crippen molar-refractivity contribution in [3.63, 3.8) is 0 Å². The van der Waals surface area contributed by atoms with Gasteiger partial charge < -0.3 is 4.74 Å². The minimum absolute atomic E-state index is 0.0239. The highest BCUT2D eigenvalue weighted by Gasteiger charge is 2.55. The molecule has 3 unspecified atom stereocenters. The molecule has 2 rings (SSSR count). The minimum atomic E-state index is -0.0239. The van der Waals surface area contributed by atoms with E-state index in [4.69, 9.17) is 4.74 Å². The van der Waals surface area contributed by atoms with Gasteiger partial charge in [-0.15, -0.1) is 0 Å². The first kappa shape index (κ1) is 13.1. The van der Waals surface area contributed by atoms with Gasteiger partial charge in [-0.1, -0.05) is 26.7 Å². The highest BCUT2D eigenvalue weighted by atomic mass is 16.5. The fourth-order valence-corrected chi connectivity index (χ4v) is 2.68. The van der Waals surface area contributed by atoms with Gasteiger partial charge in [-0.3, -0.25) is 9.48 Å². The van der Waals surface area contributed by atoms with Crippen LogP contribution in [0.3, 0.4) is 0 Å². The zero-order valence-corrected chi connectivity index (χ0v) is 11.4. The lowest BCUT2D eigenvalue weighted by molar-refractivity contribution is -0.145. The summed E-state index contributed by atoms with van der Waals surface area (Å²) in [5, 5.41) is 4.18. The summed E-state index contributed by atoms with van der Waals surface area (Å²) >= 11 is 0. The summed E-state index contributed by atoms with van der Waals surface area (Å²) < 4.78 is 7.12. The van der Waals surface area contributed by atoms with E-state index in [-0.39, 0.29) is 11.9 Å². The average Bonchev–Trinajstić information content (AvgIpc) is 2.95. The largest absolute Gasteiger partial charge is 0.465 e. The molecular formula is C14H22N2O2. The Morgan fingerprint density at radius 2 is 2.28 bits per heavy atom. The van der Waals surface area contributed by atoms with E-state index in [2.05, 4.69) is 18.9 Å². The Bertz CT molecular complexity index is 414. The van der Waals surface area contributed by atoms with Gasteiger partial charge in [0.15, 0.2) is 0 Å². The number of nitrogens with zero attached hydrogens (tertiary/aromatic N) is 2. The van der Waals surface area contributed by atoms with Gasteiger partial charge in [0, 0.05) is 19.2 Å². The number of hydrogen-bond acceptors (Lipinski definition) is 3. The molecule has 1 aliphatic rings. The van der Waals surface area contributed by atoms with E-state index in [1.165, 1.54) is 5.56 Å². The van der Waals surface area contributed by atoms with E-state index in [1.54, 1.807) is 4.68 Å². The van der Waals surface area contributed by atoms with Crippen LogP contribution in [0, 0.1) is 11.8 Å². The summed E-state index contributed by atoms with van der Waals surface area (Å²) in [5.74, 6) is 0.779. The summed E-state index contributed by atoms with van der Waals surface area (Å²) in [6.45, 7) is 4.79. The molecule has 4 nitrogen and oxygen atoms in total. The lowest BCUT2D eigenvalue weighted by Gasteiger charge is -2.02. The first-order chi connectivity index (χ1) is 8.69. The smallest absolute Gasteiger partial charge is 0.309 e. The maximum atomic E-state index is 12.0. The molecule has 100 valence electrons.